The molecule has 6 heteroatoms. The summed E-state index contributed by atoms with van der Waals surface area (Å²) >= 11 is 0. The second-order valence-electron chi connectivity index (χ2n) is 7.05. The SMILES string of the molecule is CCCCCCCON(C(=O)OCC[NH+]1CCCCC1)c1ccccc1.[Cl-]. The highest BCUT2D eigenvalue weighted by atomic mass is 35.5. The third-order valence-electron chi connectivity index (χ3n) is 4.87. The van der Waals surface area contributed by atoms with Crippen LogP contribution in [-0.2, 0) is 9.57 Å². The van der Waals surface area contributed by atoms with Gasteiger partial charge in [-0.25, -0.2) is 4.79 Å². The highest BCUT2D eigenvalue weighted by molar-refractivity contribution is 5.85. The molecule has 1 amide bonds. The van der Waals surface area contributed by atoms with E-state index in [-0.39, 0.29) is 12.4 Å². The highest BCUT2D eigenvalue weighted by Gasteiger charge is 2.20. The van der Waals surface area contributed by atoms with Crippen LogP contribution in [0.3, 0.4) is 0 Å². The Morgan fingerprint density at radius 1 is 1.00 bits per heavy atom. The molecular formula is C21H35ClN2O3. The Labute approximate surface area is 170 Å². The van der Waals surface area contributed by atoms with Crippen molar-refractivity contribution >= 4 is 11.8 Å². The van der Waals surface area contributed by atoms with Gasteiger partial charge in [-0.05, 0) is 37.8 Å². The average molecular weight is 399 g/mol. The van der Waals surface area contributed by atoms with Crippen LogP contribution in [-0.4, -0.2) is 38.9 Å². The van der Waals surface area contributed by atoms with Gasteiger partial charge in [0.05, 0.1) is 25.4 Å². The van der Waals surface area contributed by atoms with E-state index in [0.717, 1.165) is 25.1 Å². The van der Waals surface area contributed by atoms with E-state index in [0.29, 0.717) is 13.2 Å². The van der Waals surface area contributed by atoms with Gasteiger partial charge in [0.25, 0.3) is 0 Å². The molecule has 1 aromatic carbocycles. The van der Waals surface area contributed by atoms with Crippen molar-refractivity contribution in [2.75, 3.05) is 37.9 Å². The number of nitrogens with zero attached hydrogens (tertiary/aromatic N) is 1. The van der Waals surface area contributed by atoms with Gasteiger partial charge in [-0.3, -0.25) is 4.84 Å². The van der Waals surface area contributed by atoms with Gasteiger partial charge in [-0.15, -0.1) is 0 Å². The summed E-state index contributed by atoms with van der Waals surface area (Å²) in [7, 11) is 0. The summed E-state index contributed by atoms with van der Waals surface area (Å²) in [5.41, 5.74) is 0.719. The summed E-state index contributed by atoms with van der Waals surface area (Å²) < 4.78 is 5.50. The van der Waals surface area contributed by atoms with Gasteiger partial charge in [0.15, 0.2) is 0 Å². The number of para-hydroxylation sites is 1. The Balaban J connectivity index is 0.00000364. The minimum absolute atomic E-state index is 0. The first-order valence-corrected chi connectivity index (χ1v) is 10.3. The van der Waals surface area contributed by atoms with E-state index in [4.69, 9.17) is 9.57 Å². The molecule has 0 aliphatic carbocycles. The number of unbranched alkanes of at least 4 members (excludes halogenated alkanes) is 4. The molecule has 154 valence electrons. The second-order valence-corrected chi connectivity index (χ2v) is 7.05. The number of carbonyl (C=O) groups excluding carboxylic acids is 1. The topological polar surface area (TPSA) is 43.2 Å². The predicted molar refractivity (Wildman–Crippen MR) is 104 cm³/mol. The monoisotopic (exact) mass is 398 g/mol. The molecule has 1 aromatic rings. The first-order valence-electron chi connectivity index (χ1n) is 10.3. The second kappa shape index (κ2) is 14.7. The van der Waals surface area contributed by atoms with Crippen molar-refractivity contribution in [3.05, 3.63) is 30.3 Å². The molecule has 0 atom stereocenters. The molecule has 0 unspecified atom stereocenters. The van der Waals surface area contributed by atoms with E-state index in [1.807, 2.05) is 30.3 Å². The third kappa shape index (κ3) is 9.45. The maximum absolute atomic E-state index is 12.5. The number of rotatable bonds is 11. The summed E-state index contributed by atoms with van der Waals surface area (Å²) in [6.07, 6.45) is 9.25. The molecule has 1 fully saturated rings. The summed E-state index contributed by atoms with van der Waals surface area (Å²) in [6, 6.07) is 9.47. The lowest BCUT2D eigenvalue weighted by atomic mass is 10.1. The van der Waals surface area contributed by atoms with E-state index in [2.05, 4.69) is 6.92 Å². The molecule has 0 saturated carbocycles. The van der Waals surface area contributed by atoms with Crippen molar-refractivity contribution < 1.29 is 31.7 Å². The number of amides is 1. The number of hydroxylamine groups is 1. The molecule has 1 N–H and O–H groups in total. The first kappa shape index (κ1) is 23.7. The van der Waals surface area contributed by atoms with Crippen molar-refractivity contribution in [2.24, 2.45) is 0 Å². The molecule has 0 radical (unpaired) electrons. The zero-order chi connectivity index (χ0) is 18.5. The molecule has 5 nitrogen and oxygen atoms in total. The van der Waals surface area contributed by atoms with Crippen LogP contribution in [0.25, 0.3) is 0 Å². The van der Waals surface area contributed by atoms with Gasteiger partial charge in [0.2, 0.25) is 0 Å². The molecule has 1 aliphatic rings. The fourth-order valence-corrected chi connectivity index (χ4v) is 3.30. The van der Waals surface area contributed by atoms with Gasteiger partial charge < -0.3 is 22.0 Å². The van der Waals surface area contributed by atoms with Crippen LogP contribution in [0.1, 0.15) is 58.3 Å². The number of hydrogen-bond acceptors (Lipinski definition) is 3. The Hall–Kier alpha value is -1.30. The Bertz CT molecular complexity index is 495. The van der Waals surface area contributed by atoms with E-state index < -0.39 is 6.09 Å². The van der Waals surface area contributed by atoms with Crippen LogP contribution in [0.15, 0.2) is 30.3 Å². The van der Waals surface area contributed by atoms with Crippen molar-refractivity contribution in [1.29, 1.82) is 0 Å². The van der Waals surface area contributed by atoms with Crippen LogP contribution in [0.4, 0.5) is 10.5 Å². The van der Waals surface area contributed by atoms with Crippen molar-refractivity contribution in [2.45, 2.75) is 58.3 Å². The minimum atomic E-state index is -0.416. The predicted octanol–water partition coefficient (Wildman–Crippen LogP) is 0.604. The number of piperidine rings is 1. The molecule has 0 aromatic heterocycles. The van der Waals surface area contributed by atoms with Crippen molar-refractivity contribution in [3.8, 4) is 0 Å². The lowest BCUT2D eigenvalue weighted by Gasteiger charge is -2.24. The Kier molecular flexibility index (Phi) is 12.9. The number of quaternary nitrogens is 1. The Morgan fingerprint density at radius 2 is 1.70 bits per heavy atom. The van der Waals surface area contributed by atoms with Crippen molar-refractivity contribution in [3.63, 3.8) is 0 Å². The van der Waals surface area contributed by atoms with Gasteiger partial charge >= 0.3 is 6.09 Å². The minimum Gasteiger partial charge on any atom is -1.00 e. The molecule has 1 saturated heterocycles. The lowest BCUT2D eigenvalue weighted by molar-refractivity contribution is -0.905. The quantitative estimate of drug-likeness (QED) is 0.438. The summed E-state index contributed by atoms with van der Waals surface area (Å²) in [4.78, 5) is 19.8. The number of benzene rings is 1. The standard InChI is InChI=1S/C21H34N2O3.ClH/c1-2-3-4-5-12-18-26-23(20-13-8-6-9-14-20)21(24)25-19-17-22-15-10-7-11-16-22;/h6,8-9,13-14H,2-5,7,10-12,15-19H2,1H3;1H. The number of carbonyl (C=O) groups is 1. The molecule has 27 heavy (non-hydrogen) atoms. The van der Waals surface area contributed by atoms with Crippen LogP contribution < -0.4 is 22.4 Å². The normalized spacial score (nSPS) is 14.4. The van der Waals surface area contributed by atoms with Gasteiger partial charge in [0.1, 0.15) is 13.2 Å². The van der Waals surface area contributed by atoms with Gasteiger partial charge in [-0.1, -0.05) is 50.8 Å². The maximum Gasteiger partial charge on any atom is 0.439 e. The summed E-state index contributed by atoms with van der Waals surface area (Å²) in [6.45, 7) is 6.44. The zero-order valence-corrected chi connectivity index (χ0v) is 17.4. The molecule has 0 bridgehead atoms. The van der Waals surface area contributed by atoms with Crippen LogP contribution in [0, 0.1) is 0 Å². The summed E-state index contributed by atoms with van der Waals surface area (Å²) in [5.74, 6) is 0. The number of likely N-dealkylation sites (tertiary alicyclic amines) is 1. The number of halogens is 1. The molecule has 1 heterocycles. The molecule has 2 rings (SSSR count). The number of nitrogens with one attached hydrogen (secondary N) is 1. The number of anilines is 1. The van der Waals surface area contributed by atoms with E-state index >= 15 is 0 Å². The Morgan fingerprint density at radius 3 is 2.41 bits per heavy atom. The van der Waals surface area contributed by atoms with Crippen LogP contribution >= 0.6 is 0 Å². The fraction of sp³-hybridized carbons (Fsp3) is 0.667. The van der Waals surface area contributed by atoms with Gasteiger partial charge in [0, 0.05) is 0 Å². The fourth-order valence-electron chi connectivity index (χ4n) is 3.30. The van der Waals surface area contributed by atoms with Crippen LogP contribution in [0.2, 0.25) is 0 Å². The largest absolute Gasteiger partial charge is 1.00 e. The lowest BCUT2D eigenvalue weighted by Crippen LogP contribution is -3.13. The average Bonchev–Trinajstić information content (AvgIpc) is 2.69. The maximum atomic E-state index is 12.5. The smallest absolute Gasteiger partial charge is 0.439 e. The summed E-state index contributed by atoms with van der Waals surface area (Å²) in [5, 5.41) is 1.31. The molecule has 0 spiro atoms. The molecular weight excluding hydrogens is 364 g/mol. The highest BCUT2D eigenvalue weighted by Crippen LogP contribution is 2.16. The first-order chi connectivity index (χ1) is 12.8. The van der Waals surface area contributed by atoms with Crippen molar-refractivity contribution in [1.82, 2.24) is 0 Å². The number of hydrogen-bond donors (Lipinski definition) is 1. The van der Waals surface area contributed by atoms with Gasteiger partial charge in [-0.2, -0.15) is 5.06 Å². The van der Waals surface area contributed by atoms with E-state index in [1.165, 1.54) is 61.6 Å². The van der Waals surface area contributed by atoms with Crippen LogP contribution in [0.5, 0.6) is 0 Å². The zero-order valence-electron chi connectivity index (χ0n) is 16.6. The number of ether oxygens (including phenoxy) is 1. The van der Waals surface area contributed by atoms with E-state index in [9.17, 15) is 4.79 Å². The molecule has 1 aliphatic heterocycles. The van der Waals surface area contributed by atoms with E-state index in [1.54, 1.807) is 0 Å². The third-order valence-corrected chi connectivity index (χ3v) is 4.87.